The smallest absolute Gasteiger partial charge is 0.335 e. The number of rotatable bonds is 5. The molecular weight excluding hydrogens is 313 g/mol. The molecule has 0 rings (SSSR count). The van der Waals surface area contributed by atoms with Crippen molar-refractivity contribution in [3.63, 3.8) is 0 Å². The van der Waals surface area contributed by atoms with Gasteiger partial charge in [0.1, 0.15) is 0 Å². The fraction of sp³-hybridized carbons (Fsp3) is 1.00. The summed E-state index contributed by atoms with van der Waals surface area (Å²) in [7, 11) is 0. The Hall–Kier alpha value is -0.850. The van der Waals surface area contributed by atoms with Crippen LogP contribution in [0.5, 0.6) is 0 Å². The van der Waals surface area contributed by atoms with Gasteiger partial charge in [-0.3, -0.25) is 0 Å². The maximum absolute atomic E-state index is 12.5. The first-order chi connectivity index (χ1) is 7.94. The Kier molecular flexibility index (Phi) is 4.13. The van der Waals surface area contributed by atoms with Crippen LogP contribution in [0.1, 0.15) is 0 Å². The van der Waals surface area contributed by atoms with Gasteiger partial charge in [-0.25, -0.2) is 8.78 Å². The van der Waals surface area contributed by atoms with Gasteiger partial charge in [0, 0.05) is 0 Å². The SMILES string of the molecule is OC(O)(F)C(F)(F)C(F)(F)C(F)(F)C(F)(F)C(F)F. The molecule has 2 nitrogen and oxygen atoms in total. The number of hydrogen-bond donors (Lipinski definition) is 2. The van der Waals surface area contributed by atoms with Gasteiger partial charge >= 0.3 is 36.2 Å². The van der Waals surface area contributed by atoms with Crippen LogP contribution in [0, 0.1) is 0 Å². The first-order valence-electron chi connectivity index (χ1n) is 3.87. The van der Waals surface area contributed by atoms with E-state index in [-0.39, 0.29) is 0 Å². The van der Waals surface area contributed by atoms with E-state index < -0.39 is 36.2 Å². The van der Waals surface area contributed by atoms with E-state index in [0.717, 1.165) is 0 Å². The Morgan fingerprint density at radius 3 is 1.11 bits per heavy atom. The van der Waals surface area contributed by atoms with E-state index in [2.05, 4.69) is 0 Å². The normalized spacial score (nSPS) is 16.1. The highest BCUT2D eigenvalue weighted by Gasteiger charge is 2.87. The van der Waals surface area contributed by atoms with Crippen molar-refractivity contribution in [2.75, 3.05) is 0 Å². The van der Waals surface area contributed by atoms with E-state index in [0.29, 0.717) is 0 Å². The van der Waals surface area contributed by atoms with Crippen LogP contribution in [0.25, 0.3) is 0 Å². The molecule has 0 aliphatic heterocycles. The summed E-state index contributed by atoms with van der Waals surface area (Å²) in [6, 6.07) is -6.35. The molecule has 0 fully saturated rings. The summed E-state index contributed by atoms with van der Waals surface area (Å²) in [6.45, 7) is 0. The van der Waals surface area contributed by atoms with Crippen molar-refractivity contribution >= 4 is 0 Å². The summed E-state index contributed by atoms with van der Waals surface area (Å²) in [6.07, 6.45) is -5.50. The number of hydrogen-bond acceptors (Lipinski definition) is 2. The minimum Gasteiger partial charge on any atom is -0.335 e. The molecule has 0 unspecified atom stereocenters. The molecule has 0 aliphatic carbocycles. The lowest BCUT2D eigenvalue weighted by Crippen LogP contribution is -2.69. The average molecular weight is 316 g/mol. The lowest BCUT2D eigenvalue weighted by atomic mass is 9.97. The minimum atomic E-state index is -7.53. The molecule has 13 heteroatoms. The van der Waals surface area contributed by atoms with Gasteiger partial charge in [-0.15, -0.1) is 0 Å². The monoisotopic (exact) mass is 316 g/mol. The minimum absolute atomic E-state index is 5.50. The van der Waals surface area contributed by atoms with E-state index in [1.807, 2.05) is 0 Å². The molecule has 0 heterocycles. The number of aliphatic hydroxyl groups is 2. The average Bonchev–Trinajstić information content (AvgIpc) is 2.14. The Morgan fingerprint density at radius 2 is 0.895 bits per heavy atom. The fourth-order valence-corrected chi connectivity index (χ4v) is 0.743. The molecule has 0 aromatic heterocycles. The lowest BCUT2D eigenvalue weighted by molar-refractivity contribution is -0.460. The zero-order valence-electron chi connectivity index (χ0n) is 8.13. The first-order valence-corrected chi connectivity index (χ1v) is 3.87. The fourth-order valence-electron chi connectivity index (χ4n) is 0.743. The van der Waals surface area contributed by atoms with E-state index in [1.165, 1.54) is 0 Å². The van der Waals surface area contributed by atoms with Crippen molar-refractivity contribution in [2.45, 2.75) is 36.2 Å². The molecule has 2 N–H and O–H groups in total. The Labute approximate surface area is 96.0 Å². The maximum atomic E-state index is 12.5. The lowest BCUT2D eigenvalue weighted by Gasteiger charge is -2.37. The Balaban J connectivity index is 5.92. The predicted octanol–water partition coefficient (Wildman–Crippen LogP) is 2.40. The molecule has 0 amide bonds. The third-order valence-corrected chi connectivity index (χ3v) is 1.88. The molecule has 0 aromatic carbocycles. The molecule has 0 radical (unpaired) electrons. The summed E-state index contributed by atoms with van der Waals surface area (Å²) in [4.78, 5) is 0. The van der Waals surface area contributed by atoms with Crippen LogP contribution >= 0.6 is 0 Å². The van der Waals surface area contributed by atoms with Gasteiger partial charge in [-0.05, 0) is 0 Å². The van der Waals surface area contributed by atoms with Crippen LogP contribution in [0.4, 0.5) is 48.3 Å². The highest BCUT2D eigenvalue weighted by molar-refractivity contribution is 5.06. The van der Waals surface area contributed by atoms with Gasteiger partial charge in [0.2, 0.25) is 0 Å². The van der Waals surface area contributed by atoms with Crippen LogP contribution < -0.4 is 0 Å². The summed E-state index contributed by atoms with van der Waals surface area (Å²) < 4.78 is 134. The summed E-state index contributed by atoms with van der Waals surface area (Å²) in [5, 5.41) is 15.1. The van der Waals surface area contributed by atoms with Crippen molar-refractivity contribution in [1.29, 1.82) is 0 Å². The molecule has 0 saturated carbocycles. The molecule has 116 valence electrons. The molecular formula is C6H3F11O2. The van der Waals surface area contributed by atoms with Gasteiger partial charge in [-0.1, -0.05) is 0 Å². The quantitative estimate of drug-likeness (QED) is 0.604. The van der Waals surface area contributed by atoms with Crippen molar-refractivity contribution in [1.82, 2.24) is 0 Å². The molecule has 0 bridgehead atoms. The Morgan fingerprint density at radius 1 is 0.579 bits per heavy atom. The topological polar surface area (TPSA) is 40.5 Å². The molecule has 0 aromatic rings. The first kappa shape index (κ1) is 18.1. The van der Waals surface area contributed by atoms with E-state index in [9.17, 15) is 48.3 Å². The zero-order valence-corrected chi connectivity index (χ0v) is 8.13. The van der Waals surface area contributed by atoms with Gasteiger partial charge in [0.25, 0.3) is 0 Å². The standard InChI is InChI=1S/C6H3F11O2/c7-1(8)2(9,10)3(11,12)4(13,14)5(15,16)6(17,18)19/h1,18-19H. The molecule has 0 spiro atoms. The molecule has 0 aliphatic rings. The van der Waals surface area contributed by atoms with E-state index in [4.69, 9.17) is 10.2 Å². The van der Waals surface area contributed by atoms with Crippen LogP contribution in [0.3, 0.4) is 0 Å². The van der Waals surface area contributed by atoms with Crippen LogP contribution in [-0.2, 0) is 0 Å². The number of halogens is 11. The maximum Gasteiger partial charge on any atom is 0.400 e. The van der Waals surface area contributed by atoms with Crippen molar-refractivity contribution < 1.29 is 58.5 Å². The summed E-state index contributed by atoms with van der Waals surface area (Å²) in [5.74, 6) is -29.2. The predicted molar refractivity (Wildman–Crippen MR) is 34.1 cm³/mol. The van der Waals surface area contributed by atoms with Crippen molar-refractivity contribution in [3.8, 4) is 0 Å². The Bertz CT molecular complexity index is 331. The zero-order chi connectivity index (χ0) is 16.1. The van der Waals surface area contributed by atoms with Gasteiger partial charge in [-0.2, -0.15) is 39.5 Å². The van der Waals surface area contributed by atoms with Gasteiger partial charge in [0.15, 0.2) is 0 Å². The van der Waals surface area contributed by atoms with Crippen molar-refractivity contribution in [2.24, 2.45) is 0 Å². The number of alkyl halides is 11. The van der Waals surface area contributed by atoms with Crippen LogP contribution in [-0.4, -0.2) is 46.4 Å². The summed E-state index contributed by atoms with van der Waals surface area (Å²) >= 11 is 0. The largest absolute Gasteiger partial charge is 0.400 e. The highest BCUT2D eigenvalue weighted by atomic mass is 19.4. The summed E-state index contributed by atoms with van der Waals surface area (Å²) in [5.41, 5.74) is 0. The second-order valence-corrected chi connectivity index (χ2v) is 3.23. The molecule has 19 heavy (non-hydrogen) atoms. The second-order valence-electron chi connectivity index (χ2n) is 3.23. The second kappa shape index (κ2) is 4.33. The van der Waals surface area contributed by atoms with Gasteiger partial charge in [0.05, 0.1) is 0 Å². The van der Waals surface area contributed by atoms with Crippen LogP contribution in [0.2, 0.25) is 0 Å². The van der Waals surface area contributed by atoms with E-state index >= 15 is 0 Å². The third kappa shape index (κ3) is 2.32. The highest BCUT2D eigenvalue weighted by Crippen LogP contribution is 2.56. The third-order valence-electron chi connectivity index (χ3n) is 1.88. The van der Waals surface area contributed by atoms with E-state index in [1.54, 1.807) is 0 Å². The molecule has 0 saturated heterocycles. The van der Waals surface area contributed by atoms with Crippen molar-refractivity contribution in [3.05, 3.63) is 0 Å². The molecule has 0 atom stereocenters. The van der Waals surface area contributed by atoms with Gasteiger partial charge < -0.3 is 10.2 Å². The van der Waals surface area contributed by atoms with Crippen LogP contribution in [0.15, 0.2) is 0 Å².